The number of nitro groups is 1. The van der Waals surface area contributed by atoms with Gasteiger partial charge in [0.15, 0.2) is 0 Å². The van der Waals surface area contributed by atoms with Gasteiger partial charge < -0.3 is 5.11 Å². The maximum absolute atomic E-state index is 12.1. The maximum Gasteiger partial charge on any atom is 0.273 e. The van der Waals surface area contributed by atoms with Gasteiger partial charge in [-0.1, -0.05) is 0 Å². The molecule has 0 unspecified atom stereocenters. The van der Waals surface area contributed by atoms with Gasteiger partial charge in [0.25, 0.3) is 5.69 Å². The van der Waals surface area contributed by atoms with E-state index < -0.39 is 14.9 Å². The van der Waals surface area contributed by atoms with E-state index in [1.165, 1.54) is 6.07 Å². The van der Waals surface area contributed by atoms with E-state index in [0.29, 0.717) is 30.4 Å². The summed E-state index contributed by atoms with van der Waals surface area (Å²) in [5.41, 5.74) is 0.822. The van der Waals surface area contributed by atoms with Crippen LogP contribution in [0.1, 0.15) is 30.4 Å². The molecule has 0 bridgehead atoms. The predicted molar refractivity (Wildman–Crippen MR) is 78.7 cm³/mol. The van der Waals surface area contributed by atoms with Crippen molar-refractivity contribution >= 4 is 15.7 Å². The van der Waals surface area contributed by atoms with Crippen molar-refractivity contribution in [3.63, 3.8) is 0 Å². The number of aliphatic hydroxyl groups is 1. The zero-order valence-corrected chi connectivity index (χ0v) is 12.9. The summed E-state index contributed by atoms with van der Waals surface area (Å²) in [4.78, 5) is 10.3. The average Bonchev–Trinajstić information content (AvgIpc) is 2.40. The van der Waals surface area contributed by atoms with E-state index in [9.17, 15) is 18.5 Å². The Kier molecular flexibility index (Phi) is 6.25. The van der Waals surface area contributed by atoms with Crippen LogP contribution in [0.15, 0.2) is 17.0 Å². The Morgan fingerprint density at radius 3 is 2.48 bits per heavy atom. The fourth-order valence-corrected chi connectivity index (χ4v) is 3.03. The summed E-state index contributed by atoms with van der Waals surface area (Å²) in [5, 5.41) is 19.6. The quantitative estimate of drug-likeness (QED) is 0.430. The van der Waals surface area contributed by atoms with Crippen LogP contribution in [-0.4, -0.2) is 31.6 Å². The molecule has 0 saturated carbocycles. The first kappa shape index (κ1) is 17.5. The van der Waals surface area contributed by atoms with Crippen molar-refractivity contribution in [2.24, 2.45) is 0 Å². The summed E-state index contributed by atoms with van der Waals surface area (Å²) in [6.45, 7) is 3.55. The summed E-state index contributed by atoms with van der Waals surface area (Å²) in [7, 11) is -3.76. The first-order chi connectivity index (χ1) is 9.79. The number of hydrogen-bond donors (Lipinski definition) is 2. The molecule has 2 N–H and O–H groups in total. The Hall–Kier alpha value is -1.51. The number of sulfonamides is 1. The lowest BCUT2D eigenvalue weighted by Crippen LogP contribution is -2.25. The third-order valence-electron chi connectivity index (χ3n) is 3.25. The summed E-state index contributed by atoms with van der Waals surface area (Å²) < 4.78 is 26.7. The van der Waals surface area contributed by atoms with Crippen molar-refractivity contribution in [1.29, 1.82) is 0 Å². The molecular formula is C13H20N2O5S. The zero-order valence-electron chi connectivity index (χ0n) is 12.1. The van der Waals surface area contributed by atoms with Crippen LogP contribution in [0.3, 0.4) is 0 Å². The molecule has 21 heavy (non-hydrogen) atoms. The van der Waals surface area contributed by atoms with Gasteiger partial charge in [0.05, 0.1) is 9.82 Å². The Balaban J connectivity index is 2.91. The first-order valence-corrected chi connectivity index (χ1v) is 8.14. The summed E-state index contributed by atoms with van der Waals surface area (Å²) >= 11 is 0. The molecule has 0 aromatic heterocycles. The van der Waals surface area contributed by atoms with Gasteiger partial charge in [-0.25, -0.2) is 13.1 Å². The minimum Gasteiger partial charge on any atom is -0.396 e. The van der Waals surface area contributed by atoms with Crippen molar-refractivity contribution in [3.8, 4) is 0 Å². The van der Waals surface area contributed by atoms with Gasteiger partial charge in [0.1, 0.15) is 0 Å². The molecule has 0 aliphatic carbocycles. The summed E-state index contributed by atoms with van der Waals surface area (Å²) in [6.07, 6.45) is 1.94. The van der Waals surface area contributed by atoms with Gasteiger partial charge in [0, 0.05) is 24.8 Å². The monoisotopic (exact) mass is 316 g/mol. The lowest BCUT2D eigenvalue weighted by atomic mass is 10.1. The highest BCUT2D eigenvalue weighted by molar-refractivity contribution is 7.89. The van der Waals surface area contributed by atoms with Crippen LogP contribution < -0.4 is 4.72 Å². The number of hydrogen-bond acceptors (Lipinski definition) is 5. The van der Waals surface area contributed by atoms with Crippen LogP contribution in [0.2, 0.25) is 0 Å². The van der Waals surface area contributed by atoms with Crippen LogP contribution in [0.4, 0.5) is 5.69 Å². The number of benzene rings is 1. The molecule has 118 valence electrons. The standard InChI is InChI=1S/C13H20N2O5S/c1-10-8-12(9-13(11(10)2)15(17)18)21(19,20)14-6-4-3-5-7-16/h8-9,14,16H,3-7H2,1-2H3. The number of nitro benzene ring substituents is 1. The van der Waals surface area contributed by atoms with Crippen LogP contribution in [-0.2, 0) is 10.0 Å². The predicted octanol–water partition coefficient (Wildman–Crippen LogP) is 1.65. The lowest BCUT2D eigenvalue weighted by molar-refractivity contribution is -0.385. The Labute approximate surface area is 124 Å². The second-order valence-corrected chi connectivity index (χ2v) is 6.59. The molecule has 0 fully saturated rings. The number of nitrogens with one attached hydrogen (secondary N) is 1. The molecule has 0 heterocycles. The lowest BCUT2D eigenvalue weighted by Gasteiger charge is -2.09. The number of aryl methyl sites for hydroxylation is 1. The van der Waals surface area contributed by atoms with Gasteiger partial charge in [-0.2, -0.15) is 0 Å². The molecule has 0 spiro atoms. The van der Waals surface area contributed by atoms with Crippen molar-refractivity contribution in [3.05, 3.63) is 33.4 Å². The third-order valence-corrected chi connectivity index (χ3v) is 4.69. The molecule has 0 aliphatic rings. The van der Waals surface area contributed by atoms with E-state index in [-0.39, 0.29) is 23.7 Å². The van der Waals surface area contributed by atoms with Crippen molar-refractivity contribution in [1.82, 2.24) is 4.72 Å². The van der Waals surface area contributed by atoms with Gasteiger partial charge in [-0.3, -0.25) is 10.1 Å². The molecule has 8 heteroatoms. The molecule has 0 atom stereocenters. The van der Waals surface area contributed by atoms with Crippen molar-refractivity contribution in [2.45, 2.75) is 38.0 Å². The summed E-state index contributed by atoms with van der Waals surface area (Å²) in [6, 6.07) is 2.51. The maximum atomic E-state index is 12.1. The number of rotatable bonds is 8. The molecule has 0 radical (unpaired) electrons. The van der Waals surface area contributed by atoms with Gasteiger partial charge >= 0.3 is 0 Å². The van der Waals surface area contributed by atoms with Crippen molar-refractivity contribution in [2.75, 3.05) is 13.2 Å². The number of aliphatic hydroxyl groups excluding tert-OH is 1. The molecule has 1 aromatic rings. The van der Waals surface area contributed by atoms with E-state index in [1.807, 2.05) is 0 Å². The molecule has 0 aliphatic heterocycles. The number of unbranched alkanes of at least 4 members (excludes halogenated alkanes) is 2. The Morgan fingerprint density at radius 2 is 1.90 bits per heavy atom. The minimum atomic E-state index is -3.76. The smallest absolute Gasteiger partial charge is 0.273 e. The van der Waals surface area contributed by atoms with E-state index in [4.69, 9.17) is 5.11 Å². The zero-order chi connectivity index (χ0) is 16.0. The molecular weight excluding hydrogens is 296 g/mol. The highest BCUT2D eigenvalue weighted by atomic mass is 32.2. The van der Waals surface area contributed by atoms with E-state index in [2.05, 4.69) is 4.72 Å². The second-order valence-electron chi connectivity index (χ2n) is 4.82. The van der Waals surface area contributed by atoms with Crippen LogP contribution in [0.25, 0.3) is 0 Å². The first-order valence-electron chi connectivity index (χ1n) is 6.65. The highest BCUT2D eigenvalue weighted by Gasteiger charge is 2.21. The number of nitrogens with zero attached hydrogens (tertiary/aromatic N) is 1. The topological polar surface area (TPSA) is 110 Å². The summed E-state index contributed by atoms with van der Waals surface area (Å²) in [5.74, 6) is 0. The Morgan fingerprint density at radius 1 is 1.24 bits per heavy atom. The fourth-order valence-electron chi connectivity index (χ4n) is 1.86. The SMILES string of the molecule is Cc1cc(S(=O)(=O)NCCCCCO)cc([N+](=O)[O-])c1C. The minimum absolute atomic E-state index is 0.0795. The molecule has 0 amide bonds. The van der Waals surface area contributed by atoms with Crippen molar-refractivity contribution < 1.29 is 18.4 Å². The normalized spacial score (nSPS) is 11.6. The second kappa shape index (κ2) is 7.48. The van der Waals surface area contributed by atoms with E-state index in [1.54, 1.807) is 13.8 Å². The largest absolute Gasteiger partial charge is 0.396 e. The molecule has 0 saturated heterocycles. The highest BCUT2D eigenvalue weighted by Crippen LogP contribution is 2.25. The van der Waals surface area contributed by atoms with Gasteiger partial charge in [0.2, 0.25) is 10.0 Å². The van der Waals surface area contributed by atoms with Crippen LogP contribution >= 0.6 is 0 Å². The van der Waals surface area contributed by atoms with Crippen LogP contribution in [0.5, 0.6) is 0 Å². The molecule has 7 nitrogen and oxygen atoms in total. The fraction of sp³-hybridized carbons (Fsp3) is 0.538. The average molecular weight is 316 g/mol. The van der Waals surface area contributed by atoms with Crippen LogP contribution in [0, 0.1) is 24.0 Å². The van der Waals surface area contributed by atoms with E-state index >= 15 is 0 Å². The van der Waals surface area contributed by atoms with Gasteiger partial charge in [-0.05, 0) is 44.7 Å². The molecule has 1 aromatic carbocycles. The van der Waals surface area contributed by atoms with Gasteiger partial charge in [-0.15, -0.1) is 0 Å². The Bertz CT molecular complexity index is 613. The third kappa shape index (κ3) is 4.76. The van der Waals surface area contributed by atoms with E-state index in [0.717, 1.165) is 6.07 Å². The molecule has 1 rings (SSSR count).